The fourth-order valence-corrected chi connectivity index (χ4v) is 4.21. The van der Waals surface area contributed by atoms with Gasteiger partial charge in [-0.2, -0.15) is 0 Å². The van der Waals surface area contributed by atoms with Crippen molar-refractivity contribution in [3.63, 3.8) is 0 Å². The van der Waals surface area contributed by atoms with Crippen molar-refractivity contribution < 1.29 is 29.3 Å². The standard InChI is InChI=1S/C30H43N5O5/c1-6-10-24(27(37)33-23(19-32-20(2)29(39)40)17-21-11-8-7-9-12-21)34-28(38)25(18-30(3,4)5)35-26(36)22-13-15-31-16-14-22/h7-9,11-16,20,23-25,32H,6,10,17-19H2,1-5H3,(H,33,37)(H,34,38)(H,35,36)(H,39,40)/p+1/t20-,23?,24-,25?/m0/s1. The van der Waals surface area contributed by atoms with Crippen LogP contribution in [0, 0.1) is 5.41 Å². The molecule has 0 aliphatic heterocycles. The molecule has 2 unspecified atom stereocenters. The largest absolute Gasteiger partial charge is 0.480 e. The van der Waals surface area contributed by atoms with Crippen molar-refractivity contribution in [2.45, 2.75) is 84.5 Å². The number of hydrogen-bond acceptors (Lipinski definition) is 5. The molecule has 10 heteroatoms. The second kappa shape index (κ2) is 15.7. The van der Waals surface area contributed by atoms with E-state index in [0.717, 1.165) is 5.56 Å². The number of rotatable bonds is 15. The molecule has 2 aromatic rings. The number of H-pyrrole nitrogens is 1. The number of carbonyl (C=O) groups is 4. The molecule has 218 valence electrons. The van der Waals surface area contributed by atoms with Crippen molar-refractivity contribution in [1.82, 2.24) is 21.3 Å². The Balaban J connectivity index is 2.17. The van der Waals surface area contributed by atoms with E-state index in [-0.39, 0.29) is 23.8 Å². The maximum absolute atomic E-state index is 13.5. The van der Waals surface area contributed by atoms with Crippen molar-refractivity contribution in [3.8, 4) is 0 Å². The molecule has 1 heterocycles. The van der Waals surface area contributed by atoms with Crippen LogP contribution in [-0.2, 0) is 20.8 Å². The van der Waals surface area contributed by atoms with E-state index in [1.54, 1.807) is 31.5 Å². The Morgan fingerprint density at radius 2 is 1.52 bits per heavy atom. The second-order valence-electron chi connectivity index (χ2n) is 11.3. The highest BCUT2D eigenvalue weighted by Crippen LogP contribution is 2.21. The Kier molecular flexibility index (Phi) is 12.7. The highest BCUT2D eigenvalue weighted by Gasteiger charge is 2.31. The number of benzene rings is 1. The number of carbonyl (C=O) groups excluding carboxylic acids is 3. The summed E-state index contributed by atoms with van der Waals surface area (Å²) in [6.45, 7) is 9.63. The van der Waals surface area contributed by atoms with E-state index in [9.17, 15) is 24.3 Å². The van der Waals surface area contributed by atoms with Crippen LogP contribution in [0.15, 0.2) is 54.9 Å². The van der Waals surface area contributed by atoms with Crippen LogP contribution in [0.1, 0.15) is 69.8 Å². The van der Waals surface area contributed by atoms with Gasteiger partial charge in [0.15, 0.2) is 12.4 Å². The number of carboxylic acid groups (broad SMARTS) is 1. The zero-order valence-corrected chi connectivity index (χ0v) is 24.1. The first kappa shape index (κ1) is 32.4. The normalized spacial score (nSPS) is 14.3. The topological polar surface area (TPSA) is 151 Å². The lowest BCUT2D eigenvalue weighted by Gasteiger charge is -2.29. The summed E-state index contributed by atoms with van der Waals surface area (Å²) in [6.07, 6.45) is 5.17. The zero-order valence-electron chi connectivity index (χ0n) is 24.1. The molecule has 0 radical (unpaired) electrons. The third kappa shape index (κ3) is 11.5. The number of carboxylic acids is 1. The van der Waals surface area contributed by atoms with E-state index in [1.807, 2.05) is 58.0 Å². The summed E-state index contributed by atoms with van der Waals surface area (Å²) >= 11 is 0. The fourth-order valence-electron chi connectivity index (χ4n) is 4.21. The summed E-state index contributed by atoms with van der Waals surface area (Å²) in [5.74, 6) is -2.16. The van der Waals surface area contributed by atoms with Crippen LogP contribution in [0.25, 0.3) is 0 Å². The summed E-state index contributed by atoms with van der Waals surface area (Å²) in [5.41, 5.74) is 1.13. The highest BCUT2D eigenvalue weighted by molar-refractivity contribution is 5.98. The van der Waals surface area contributed by atoms with Gasteiger partial charge in [0.1, 0.15) is 18.1 Å². The molecule has 10 nitrogen and oxygen atoms in total. The molecule has 3 amide bonds. The maximum Gasteiger partial charge on any atom is 0.320 e. The van der Waals surface area contributed by atoms with Crippen LogP contribution in [0.3, 0.4) is 0 Å². The number of aromatic nitrogens is 1. The van der Waals surface area contributed by atoms with Gasteiger partial charge in [-0.25, -0.2) is 4.98 Å². The first-order chi connectivity index (χ1) is 18.9. The molecule has 0 aliphatic rings. The number of hydrogen-bond donors (Lipinski definition) is 5. The number of amides is 3. The molecule has 0 saturated carbocycles. The van der Waals surface area contributed by atoms with Gasteiger partial charge >= 0.3 is 5.97 Å². The van der Waals surface area contributed by atoms with Gasteiger partial charge < -0.3 is 26.4 Å². The SMILES string of the molecule is CCC[C@H](NC(=O)C(CC(C)(C)C)NC(=O)c1cc[nH+]cc1)C(=O)NC(CN[C@@H](C)C(=O)O)Cc1ccccc1. The third-order valence-electron chi connectivity index (χ3n) is 6.34. The number of pyridine rings is 1. The Bertz CT molecular complexity index is 1100. The van der Waals surface area contributed by atoms with Crippen LogP contribution < -0.4 is 26.3 Å². The van der Waals surface area contributed by atoms with Crippen molar-refractivity contribution in [1.29, 1.82) is 0 Å². The van der Waals surface area contributed by atoms with E-state index >= 15 is 0 Å². The summed E-state index contributed by atoms with van der Waals surface area (Å²) < 4.78 is 0. The molecular formula is C30H44N5O5+. The number of aromatic amines is 1. The van der Waals surface area contributed by atoms with Gasteiger partial charge in [0.25, 0.3) is 5.91 Å². The molecule has 0 saturated heterocycles. The molecule has 4 atom stereocenters. The molecule has 0 bridgehead atoms. The quantitative estimate of drug-likeness (QED) is 0.228. The van der Waals surface area contributed by atoms with Crippen LogP contribution in [0.5, 0.6) is 0 Å². The van der Waals surface area contributed by atoms with E-state index in [1.165, 1.54) is 0 Å². The molecule has 0 aliphatic carbocycles. The lowest BCUT2D eigenvalue weighted by Crippen LogP contribution is -2.57. The van der Waals surface area contributed by atoms with Crippen LogP contribution in [0.2, 0.25) is 0 Å². The van der Waals surface area contributed by atoms with Crippen molar-refractivity contribution in [3.05, 3.63) is 66.0 Å². The van der Waals surface area contributed by atoms with Gasteiger partial charge in [-0.15, -0.1) is 0 Å². The average Bonchev–Trinajstić information content (AvgIpc) is 2.91. The van der Waals surface area contributed by atoms with Gasteiger partial charge in [0, 0.05) is 24.7 Å². The summed E-state index contributed by atoms with van der Waals surface area (Å²) in [7, 11) is 0. The molecule has 0 spiro atoms. The summed E-state index contributed by atoms with van der Waals surface area (Å²) in [5, 5.41) is 20.9. The minimum atomic E-state index is -0.985. The van der Waals surface area contributed by atoms with E-state index in [2.05, 4.69) is 26.3 Å². The van der Waals surface area contributed by atoms with Crippen LogP contribution in [-0.4, -0.2) is 59.5 Å². The molecule has 1 aromatic heterocycles. The highest BCUT2D eigenvalue weighted by atomic mass is 16.4. The van der Waals surface area contributed by atoms with E-state index < -0.39 is 36.0 Å². The Labute approximate surface area is 236 Å². The fraction of sp³-hybridized carbons (Fsp3) is 0.500. The lowest BCUT2D eigenvalue weighted by molar-refractivity contribution is -0.378. The van der Waals surface area contributed by atoms with Crippen LogP contribution >= 0.6 is 0 Å². The molecule has 0 fully saturated rings. The van der Waals surface area contributed by atoms with Gasteiger partial charge in [0.05, 0.1) is 5.56 Å². The molecule has 2 rings (SSSR count). The lowest BCUT2D eigenvalue weighted by atomic mass is 9.87. The van der Waals surface area contributed by atoms with Crippen molar-refractivity contribution in [2.24, 2.45) is 5.41 Å². The first-order valence-electron chi connectivity index (χ1n) is 13.8. The van der Waals surface area contributed by atoms with Crippen LogP contribution in [0.4, 0.5) is 0 Å². The van der Waals surface area contributed by atoms with Gasteiger partial charge in [-0.1, -0.05) is 64.4 Å². The predicted molar refractivity (Wildman–Crippen MR) is 152 cm³/mol. The number of aliphatic carboxylic acids is 1. The third-order valence-corrected chi connectivity index (χ3v) is 6.34. The maximum atomic E-state index is 13.5. The zero-order chi connectivity index (χ0) is 29.7. The monoisotopic (exact) mass is 554 g/mol. The molecule has 6 N–H and O–H groups in total. The van der Waals surface area contributed by atoms with Crippen molar-refractivity contribution >= 4 is 23.7 Å². The van der Waals surface area contributed by atoms with Gasteiger partial charge in [-0.3, -0.25) is 19.2 Å². The van der Waals surface area contributed by atoms with E-state index in [0.29, 0.717) is 31.2 Å². The minimum absolute atomic E-state index is 0.234. The molecule has 40 heavy (non-hydrogen) atoms. The second-order valence-corrected chi connectivity index (χ2v) is 11.3. The summed E-state index contributed by atoms with van der Waals surface area (Å²) in [6, 6.07) is 9.97. The Hall–Kier alpha value is -3.79. The Morgan fingerprint density at radius 3 is 2.10 bits per heavy atom. The first-order valence-corrected chi connectivity index (χ1v) is 13.8. The Morgan fingerprint density at radius 1 is 0.900 bits per heavy atom. The number of nitrogens with one attached hydrogen (secondary N) is 5. The summed E-state index contributed by atoms with van der Waals surface area (Å²) in [4.78, 5) is 53.9. The van der Waals surface area contributed by atoms with Gasteiger partial charge in [0.2, 0.25) is 11.8 Å². The van der Waals surface area contributed by atoms with Gasteiger partial charge in [-0.05, 0) is 37.2 Å². The molecule has 1 aromatic carbocycles. The smallest absolute Gasteiger partial charge is 0.320 e. The predicted octanol–water partition coefficient (Wildman–Crippen LogP) is 2.11. The van der Waals surface area contributed by atoms with E-state index in [4.69, 9.17) is 0 Å². The average molecular weight is 555 g/mol. The molecular weight excluding hydrogens is 510 g/mol. The van der Waals surface area contributed by atoms with Crippen molar-refractivity contribution in [2.75, 3.05) is 6.54 Å². The minimum Gasteiger partial charge on any atom is -0.480 e.